The van der Waals surface area contributed by atoms with Gasteiger partial charge in [0.15, 0.2) is 5.82 Å². The lowest BCUT2D eigenvalue weighted by molar-refractivity contribution is 0.0930. The number of nitrogens with zero attached hydrogens (tertiary/aromatic N) is 2. The van der Waals surface area contributed by atoms with E-state index in [0.29, 0.717) is 5.82 Å². The van der Waals surface area contributed by atoms with E-state index in [0.717, 1.165) is 0 Å². The largest absolute Gasteiger partial charge is 0.505 e. The molecule has 0 bridgehead atoms. The first kappa shape index (κ1) is 14.6. The highest BCUT2D eigenvalue weighted by Gasteiger charge is 2.22. The highest BCUT2D eigenvalue weighted by Crippen LogP contribution is 2.33. The van der Waals surface area contributed by atoms with Gasteiger partial charge in [-0.05, 0) is 26.0 Å². The third-order valence-corrected chi connectivity index (χ3v) is 3.19. The molecule has 0 saturated heterocycles. The first-order chi connectivity index (χ1) is 9.40. The van der Waals surface area contributed by atoms with Gasteiger partial charge in [-0.15, -0.1) is 0 Å². The highest BCUT2D eigenvalue weighted by atomic mass is 35.5. The number of hydrogen-bond donors (Lipinski definition) is 2. The van der Waals surface area contributed by atoms with E-state index in [1.54, 1.807) is 13.8 Å². The number of aromatic nitrogens is 2. The van der Waals surface area contributed by atoms with Crippen molar-refractivity contribution in [1.82, 2.24) is 15.5 Å². The number of nitrogens with one attached hydrogen (secondary N) is 1. The number of phenols is 1. The molecule has 0 aliphatic carbocycles. The first-order valence-electron chi connectivity index (χ1n) is 5.68. The smallest absolute Gasteiger partial charge is 0.257 e. The minimum Gasteiger partial charge on any atom is -0.505 e. The lowest BCUT2D eigenvalue weighted by Gasteiger charge is -2.12. The van der Waals surface area contributed by atoms with E-state index in [4.69, 9.17) is 27.7 Å². The Morgan fingerprint density at radius 2 is 2.05 bits per heavy atom. The molecule has 20 heavy (non-hydrogen) atoms. The van der Waals surface area contributed by atoms with Crippen LogP contribution in [-0.2, 0) is 0 Å². The van der Waals surface area contributed by atoms with Gasteiger partial charge in [-0.1, -0.05) is 28.4 Å². The molecule has 1 amide bonds. The van der Waals surface area contributed by atoms with Gasteiger partial charge in [0.2, 0.25) is 5.89 Å². The van der Waals surface area contributed by atoms with Gasteiger partial charge >= 0.3 is 0 Å². The van der Waals surface area contributed by atoms with Gasteiger partial charge < -0.3 is 14.9 Å². The van der Waals surface area contributed by atoms with Crippen LogP contribution in [0.2, 0.25) is 10.0 Å². The van der Waals surface area contributed by atoms with Crippen molar-refractivity contribution < 1.29 is 14.4 Å². The zero-order chi connectivity index (χ0) is 14.9. The summed E-state index contributed by atoms with van der Waals surface area (Å²) in [7, 11) is 0. The zero-order valence-electron chi connectivity index (χ0n) is 10.6. The number of benzene rings is 1. The number of amides is 1. The van der Waals surface area contributed by atoms with Gasteiger partial charge in [0, 0.05) is 0 Å². The Hall–Kier alpha value is -1.79. The van der Waals surface area contributed by atoms with Gasteiger partial charge in [-0.2, -0.15) is 4.98 Å². The quantitative estimate of drug-likeness (QED) is 0.909. The third kappa shape index (κ3) is 2.86. The molecule has 0 radical (unpaired) electrons. The van der Waals surface area contributed by atoms with Crippen molar-refractivity contribution >= 4 is 29.1 Å². The van der Waals surface area contributed by atoms with Crippen LogP contribution in [0.15, 0.2) is 16.7 Å². The van der Waals surface area contributed by atoms with E-state index in [9.17, 15) is 9.90 Å². The Morgan fingerprint density at radius 3 is 2.65 bits per heavy atom. The van der Waals surface area contributed by atoms with E-state index >= 15 is 0 Å². The fourth-order valence-corrected chi connectivity index (χ4v) is 1.97. The van der Waals surface area contributed by atoms with Crippen LogP contribution >= 0.6 is 23.2 Å². The van der Waals surface area contributed by atoms with Crippen LogP contribution in [-0.4, -0.2) is 21.2 Å². The molecule has 0 fully saturated rings. The van der Waals surface area contributed by atoms with Gasteiger partial charge in [0.25, 0.3) is 5.91 Å². The number of rotatable bonds is 3. The van der Waals surface area contributed by atoms with Crippen molar-refractivity contribution in [3.8, 4) is 5.75 Å². The van der Waals surface area contributed by atoms with Crippen LogP contribution in [0.1, 0.15) is 35.0 Å². The molecule has 1 aromatic heterocycles. The Morgan fingerprint density at radius 1 is 1.40 bits per heavy atom. The SMILES string of the molecule is Cc1noc(C(C)NC(=O)c2c(Cl)ccc(Cl)c2O)n1. The molecule has 2 aromatic rings. The maximum absolute atomic E-state index is 12.1. The summed E-state index contributed by atoms with van der Waals surface area (Å²) in [5.74, 6) is -0.234. The number of aromatic hydroxyl groups is 1. The lowest BCUT2D eigenvalue weighted by atomic mass is 10.1. The molecule has 2 N–H and O–H groups in total. The summed E-state index contributed by atoms with van der Waals surface area (Å²) < 4.78 is 4.95. The average molecular weight is 316 g/mol. The maximum atomic E-state index is 12.1. The summed E-state index contributed by atoms with van der Waals surface area (Å²) in [6, 6.07) is 2.30. The third-order valence-electron chi connectivity index (χ3n) is 2.57. The standard InChI is InChI=1S/C12H11Cl2N3O3/c1-5(12-16-6(2)17-20-12)15-11(19)9-7(13)3-4-8(14)10(9)18/h3-5,18H,1-2H3,(H,15,19). The van der Waals surface area contributed by atoms with Crippen LogP contribution in [0.25, 0.3) is 0 Å². The maximum Gasteiger partial charge on any atom is 0.257 e. The molecule has 0 aliphatic rings. The first-order valence-corrected chi connectivity index (χ1v) is 6.43. The van der Waals surface area contributed by atoms with Crippen molar-refractivity contribution in [2.75, 3.05) is 0 Å². The van der Waals surface area contributed by atoms with Gasteiger partial charge in [-0.25, -0.2) is 0 Å². The second kappa shape index (κ2) is 5.68. The summed E-state index contributed by atoms with van der Waals surface area (Å²) >= 11 is 11.7. The summed E-state index contributed by atoms with van der Waals surface area (Å²) in [6.45, 7) is 3.33. The number of halogens is 2. The van der Waals surface area contributed by atoms with Crippen molar-refractivity contribution in [2.45, 2.75) is 19.9 Å². The van der Waals surface area contributed by atoms with Crippen LogP contribution < -0.4 is 5.32 Å². The fraction of sp³-hybridized carbons (Fsp3) is 0.250. The van der Waals surface area contributed by atoms with Crippen LogP contribution in [0.5, 0.6) is 5.75 Å². The summed E-state index contributed by atoms with van der Waals surface area (Å²) in [5.41, 5.74) is -0.0951. The summed E-state index contributed by atoms with van der Waals surface area (Å²) in [4.78, 5) is 16.1. The number of carbonyl (C=O) groups excluding carboxylic acids is 1. The number of hydrogen-bond acceptors (Lipinski definition) is 5. The molecular weight excluding hydrogens is 305 g/mol. The lowest BCUT2D eigenvalue weighted by Crippen LogP contribution is -2.27. The Labute approximate surface area is 124 Å². The second-order valence-electron chi connectivity index (χ2n) is 4.13. The van der Waals surface area contributed by atoms with Crippen LogP contribution in [0.3, 0.4) is 0 Å². The molecule has 0 spiro atoms. The van der Waals surface area contributed by atoms with Crippen molar-refractivity contribution in [1.29, 1.82) is 0 Å². The highest BCUT2D eigenvalue weighted by molar-refractivity contribution is 6.37. The summed E-state index contributed by atoms with van der Waals surface area (Å²) in [6.07, 6.45) is 0. The van der Waals surface area contributed by atoms with Gasteiger partial charge in [0.05, 0.1) is 10.0 Å². The molecule has 106 valence electrons. The Bertz CT molecular complexity index is 657. The molecule has 1 aromatic carbocycles. The van der Waals surface area contributed by atoms with Crippen LogP contribution in [0.4, 0.5) is 0 Å². The fourth-order valence-electron chi connectivity index (χ4n) is 1.58. The number of phenolic OH excluding ortho intramolecular Hbond substituents is 1. The molecule has 1 heterocycles. The topological polar surface area (TPSA) is 88.2 Å². The van der Waals surface area contributed by atoms with Gasteiger partial charge in [-0.3, -0.25) is 4.79 Å². The zero-order valence-corrected chi connectivity index (χ0v) is 12.2. The number of carbonyl (C=O) groups is 1. The molecule has 8 heteroatoms. The van der Waals surface area contributed by atoms with Crippen molar-refractivity contribution in [3.63, 3.8) is 0 Å². The van der Waals surface area contributed by atoms with E-state index in [1.807, 2.05) is 0 Å². The van der Waals surface area contributed by atoms with Crippen molar-refractivity contribution in [3.05, 3.63) is 39.5 Å². The number of aryl methyl sites for hydroxylation is 1. The van der Waals surface area contributed by atoms with Crippen LogP contribution in [0, 0.1) is 6.92 Å². The average Bonchev–Trinajstić information content (AvgIpc) is 2.81. The minimum absolute atomic E-state index is 0.0424. The molecule has 1 atom stereocenters. The van der Waals surface area contributed by atoms with E-state index < -0.39 is 11.9 Å². The molecule has 2 rings (SSSR count). The second-order valence-corrected chi connectivity index (χ2v) is 4.94. The minimum atomic E-state index is -0.585. The molecule has 6 nitrogen and oxygen atoms in total. The summed E-state index contributed by atoms with van der Waals surface area (Å²) in [5, 5.41) is 16.2. The van der Waals surface area contributed by atoms with E-state index in [-0.39, 0.29) is 27.2 Å². The molecule has 1 unspecified atom stereocenters. The Kier molecular flexibility index (Phi) is 4.15. The Balaban J connectivity index is 2.23. The monoisotopic (exact) mass is 315 g/mol. The molecule has 0 saturated carbocycles. The molecular formula is C12H11Cl2N3O3. The molecule has 0 aliphatic heterocycles. The van der Waals surface area contributed by atoms with E-state index in [2.05, 4.69) is 15.5 Å². The van der Waals surface area contributed by atoms with Gasteiger partial charge in [0.1, 0.15) is 17.4 Å². The predicted octanol–water partition coefficient (Wildman–Crippen LogP) is 2.88. The normalized spacial score (nSPS) is 12.2. The predicted molar refractivity (Wildman–Crippen MR) is 73.0 cm³/mol. The van der Waals surface area contributed by atoms with E-state index in [1.165, 1.54) is 12.1 Å². The van der Waals surface area contributed by atoms with Crippen molar-refractivity contribution in [2.24, 2.45) is 0 Å².